The third kappa shape index (κ3) is 2.18. The number of thiocarbonyl (C=S) groups is 1. The van der Waals surface area contributed by atoms with Crippen LogP contribution in [-0.4, -0.2) is 15.1 Å². The summed E-state index contributed by atoms with van der Waals surface area (Å²) >= 11 is 4.47. The molecule has 1 heterocycles. The van der Waals surface area contributed by atoms with Crippen LogP contribution in [0, 0.1) is 0 Å². The molecule has 0 aliphatic heterocycles. The summed E-state index contributed by atoms with van der Waals surface area (Å²) in [4.78, 5) is 11.6. The highest BCUT2D eigenvalue weighted by molar-refractivity contribution is 7.78. The van der Waals surface area contributed by atoms with Gasteiger partial charge in [0.15, 0.2) is 0 Å². The van der Waals surface area contributed by atoms with E-state index in [1.807, 2.05) is 6.92 Å². The lowest BCUT2D eigenvalue weighted by Crippen LogP contribution is -1.90. The minimum atomic E-state index is 0.00806. The number of nitrogens with zero attached hydrogens (tertiary/aromatic N) is 3. The molecule has 0 fully saturated rings. The molecule has 11 heavy (non-hydrogen) atoms. The fourth-order valence-corrected chi connectivity index (χ4v) is 0.838. The Hall–Kier alpha value is -1.12. The van der Waals surface area contributed by atoms with Crippen LogP contribution in [0.2, 0.25) is 0 Å². The molecule has 0 aliphatic rings. The van der Waals surface area contributed by atoms with Gasteiger partial charge in [-0.3, -0.25) is 0 Å². The first kappa shape index (κ1) is 7.98. The standard InChI is InChI=1S/C7H7N3S/c1-6(10-5-11)7-2-8-4-9-3-7/h2-4,6H,1H3. The van der Waals surface area contributed by atoms with Gasteiger partial charge in [-0.1, -0.05) is 0 Å². The molecule has 0 saturated heterocycles. The van der Waals surface area contributed by atoms with Crippen molar-refractivity contribution in [3.05, 3.63) is 24.3 Å². The van der Waals surface area contributed by atoms with Crippen molar-refractivity contribution in [3.63, 3.8) is 0 Å². The summed E-state index contributed by atoms with van der Waals surface area (Å²) in [5.74, 6) is 0. The predicted octanol–water partition coefficient (Wildman–Crippen LogP) is 1.64. The molecule has 1 aromatic heterocycles. The molecule has 0 aliphatic carbocycles. The van der Waals surface area contributed by atoms with Gasteiger partial charge >= 0.3 is 0 Å². The van der Waals surface area contributed by atoms with Gasteiger partial charge in [0.05, 0.1) is 11.2 Å². The van der Waals surface area contributed by atoms with Crippen LogP contribution in [-0.2, 0) is 0 Å². The topological polar surface area (TPSA) is 38.1 Å². The van der Waals surface area contributed by atoms with E-state index in [1.54, 1.807) is 12.4 Å². The molecule has 4 heteroatoms. The van der Waals surface area contributed by atoms with Gasteiger partial charge in [0.25, 0.3) is 0 Å². The van der Waals surface area contributed by atoms with E-state index < -0.39 is 0 Å². The van der Waals surface area contributed by atoms with Crippen molar-refractivity contribution < 1.29 is 0 Å². The van der Waals surface area contributed by atoms with Gasteiger partial charge in [-0.15, -0.1) is 0 Å². The SMILES string of the molecule is CC(N=C=S)c1cncnc1. The van der Waals surface area contributed by atoms with Crippen molar-refractivity contribution in [1.29, 1.82) is 0 Å². The number of hydrogen-bond donors (Lipinski definition) is 0. The summed E-state index contributed by atoms with van der Waals surface area (Å²) in [5, 5.41) is 2.32. The van der Waals surface area contributed by atoms with Crippen molar-refractivity contribution in [2.75, 3.05) is 0 Å². The molecule has 3 nitrogen and oxygen atoms in total. The van der Waals surface area contributed by atoms with Crippen LogP contribution in [0.5, 0.6) is 0 Å². The Balaban J connectivity index is 2.84. The van der Waals surface area contributed by atoms with Crippen LogP contribution in [0.3, 0.4) is 0 Å². The van der Waals surface area contributed by atoms with Crippen molar-refractivity contribution in [3.8, 4) is 0 Å². The Kier molecular flexibility index (Phi) is 2.83. The highest BCUT2D eigenvalue weighted by Gasteiger charge is 2.00. The Labute approximate surface area is 70.2 Å². The number of aromatic nitrogens is 2. The molecule has 0 aromatic carbocycles. The van der Waals surface area contributed by atoms with Gasteiger partial charge < -0.3 is 0 Å². The van der Waals surface area contributed by atoms with E-state index in [2.05, 4.69) is 32.3 Å². The molecule has 0 spiro atoms. The minimum Gasteiger partial charge on any atom is -0.244 e. The van der Waals surface area contributed by atoms with E-state index in [-0.39, 0.29) is 6.04 Å². The molecule has 0 radical (unpaired) electrons. The van der Waals surface area contributed by atoms with Crippen LogP contribution < -0.4 is 0 Å². The highest BCUT2D eigenvalue weighted by atomic mass is 32.1. The van der Waals surface area contributed by atoms with Gasteiger partial charge in [-0.25, -0.2) is 15.0 Å². The zero-order chi connectivity index (χ0) is 8.10. The quantitative estimate of drug-likeness (QED) is 0.494. The number of hydrogen-bond acceptors (Lipinski definition) is 4. The van der Waals surface area contributed by atoms with Crippen molar-refractivity contribution in [1.82, 2.24) is 9.97 Å². The largest absolute Gasteiger partial charge is 0.244 e. The maximum Gasteiger partial charge on any atom is 0.115 e. The maximum atomic E-state index is 4.47. The van der Waals surface area contributed by atoms with Crippen molar-refractivity contribution in [2.45, 2.75) is 13.0 Å². The minimum absolute atomic E-state index is 0.00806. The van der Waals surface area contributed by atoms with Crippen molar-refractivity contribution >= 4 is 17.4 Å². The van der Waals surface area contributed by atoms with Gasteiger partial charge in [0, 0.05) is 18.0 Å². The monoisotopic (exact) mass is 165 g/mol. The van der Waals surface area contributed by atoms with Gasteiger partial charge in [-0.05, 0) is 19.1 Å². The predicted molar refractivity (Wildman–Crippen MR) is 45.5 cm³/mol. The molecule has 0 N–H and O–H groups in total. The van der Waals surface area contributed by atoms with Crippen LogP contribution in [0.4, 0.5) is 0 Å². The molecular formula is C7H7N3S. The average Bonchev–Trinajstić information content (AvgIpc) is 2.07. The molecule has 1 rings (SSSR count). The van der Waals surface area contributed by atoms with Crippen LogP contribution in [0.15, 0.2) is 23.7 Å². The smallest absolute Gasteiger partial charge is 0.115 e. The lowest BCUT2D eigenvalue weighted by atomic mass is 10.2. The van der Waals surface area contributed by atoms with E-state index in [0.29, 0.717) is 0 Å². The number of aliphatic imine (C=N–C) groups is 1. The first-order valence-corrected chi connectivity index (χ1v) is 3.57. The fraction of sp³-hybridized carbons (Fsp3) is 0.286. The second kappa shape index (κ2) is 3.91. The Morgan fingerprint density at radius 2 is 2.18 bits per heavy atom. The first-order valence-electron chi connectivity index (χ1n) is 3.16. The molecule has 1 aromatic rings. The summed E-state index contributed by atoms with van der Waals surface area (Å²) < 4.78 is 0. The highest BCUT2D eigenvalue weighted by Crippen LogP contribution is 2.12. The zero-order valence-corrected chi connectivity index (χ0v) is 6.88. The van der Waals surface area contributed by atoms with Gasteiger partial charge in [0.2, 0.25) is 0 Å². The normalized spacial score (nSPS) is 11.7. The lowest BCUT2D eigenvalue weighted by Gasteiger charge is -2.00. The second-order valence-corrected chi connectivity index (χ2v) is 2.25. The summed E-state index contributed by atoms with van der Waals surface area (Å²) in [5.41, 5.74) is 0.949. The van der Waals surface area contributed by atoms with E-state index >= 15 is 0 Å². The lowest BCUT2D eigenvalue weighted by molar-refractivity contribution is 0.811. The Bertz CT molecular complexity index is 266. The average molecular weight is 165 g/mol. The van der Waals surface area contributed by atoms with Crippen LogP contribution in [0.1, 0.15) is 18.5 Å². The molecular weight excluding hydrogens is 158 g/mol. The third-order valence-electron chi connectivity index (χ3n) is 1.31. The molecule has 0 saturated carbocycles. The number of isothiocyanates is 1. The zero-order valence-electron chi connectivity index (χ0n) is 6.06. The van der Waals surface area contributed by atoms with E-state index in [4.69, 9.17) is 0 Å². The van der Waals surface area contributed by atoms with E-state index in [1.165, 1.54) is 6.33 Å². The Morgan fingerprint density at radius 1 is 1.55 bits per heavy atom. The van der Waals surface area contributed by atoms with Crippen molar-refractivity contribution in [2.24, 2.45) is 4.99 Å². The maximum absolute atomic E-state index is 4.47. The summed E-state index contributed by atoms with van der Waals surface area (Å²) in [7, 11) is 0. The van der Waals surface area contributed by atoms with Gasteiger partial charge in [0.1, 0.15) is 6.33 Å². The molecule has 1 atom stereocenters. The van der Waals surface area contributed by atoms with Gasteiger partial charge in [-0.2, -0.15) is 0 Å². The summed E-state index contributed by atoms with van der Waals surface area (Å²) in [6.07, 6.45) is 4.92. The second-order valence-electron chi connectivity index (χ2n) is 2.07. The number of rotatable bonds is 2. The molecule has 0 bridgehead atoms. The van der Waals surface area contributed by atoms with Crippen LogP contribution >= 0.6 is 12.2 Å². The molecule has 0 amide bonds. The molecule has 56 valence electrons. The first-order chi connectivity index (χ1) is 5.34. The van der Waals surface area contributed by atoms with Crippen LogP contribution in [0.25, 0.3) is 0 Å². The Morgan fingerprint density at radius 3 is 2.73 bits per heavy atom. The van der Waals surface area contributed by atoms with E-state index in [0.717, 1.165) is 5.56 Å². The van der Waals surface area contributed by atoms with E-state index in [9.17, 15) is 0 Å². The fourth-order valence-electron chi connectivity index (χ4n) is 0.680. The molecule has 1 unspecified atom stereocenters. The summed E-state index contributed by atoms with van der Waals surface area (Å²) in [6.45, 7) is 1.91. The third-order valence-corrected chi connectivity index (χ3v) is 1.41. The summed E-state index contributed by atoms with van der Waals surface area (Å²) in [6, 6.07) is 0.00806.